The van der Waals surface area contributed by atoms with Crippen LogP contribution in [0.3, 0.4) is 0 Å². The fourth-order valence-corrected chi connectivity index (χ4v) is 2.25. The van der Waals surface area contributed by atoms with Crippen molar-refractivity contribution in [1.29, 1.82) is 0 Å². The predicted molar refractivity (Wildman–Crippen MR) is 59.1 cm³/mol. The standard InChI is InChI=1S/C12H21NO/c1-4-6-7-12(13-5-2)11-8-9-14-10(11)3/h1,10-13H,5-9H2,2-3H3. The van der Waals surface area contributed by atoms with E-state index in [0.29, 0.717) is 18.1 Å². The Morgan fingerprint density at radius 2 is 2.43 bits per heavy atom. The molecule has 0 aliphatic carbocycles. The lowest BCUT2D eigenvalue weighted by molar-refractivity contribution is 0.0947. The molecule has 1 heterocycles. The highest BCUT2D eigenvalue weighted by atomic mass is 16.5. The average Bonchev–Trinajstić information content (AvgIpc) is 2.59. The van der Waals surface area contributed by atoms with Crippen molar-refractivity contribution in [3.05, 3.63) is 0 Å². The van der Waals surface area contributed by atoms with Crippen molar-refractivity contribution < 1.29 is 4.74 Å². The van der Waals surface area contributed by atoms with Gasteiger partial charge in [-0.2, -0.15) is 0 Å². The molecule has 1 fully saturated rings. The van der Waals surface area contributed by atoms with Gasteiger partial charge in [0.1, 0.15) is 0 Å². The lowest BCUT2D eigenvalue weighted by Gasteiger charge is -2.25. The van der Waals surface area contributed by atoms with E-state index in [1.54, 1.807) is 0 Å². The van der Waals surface area contributed by atoms with E-state index in [4.69, 9.17) is 11.2 Å². The molecule has 0 saturated carbocycles. The van der Waals surface area contributed by atoms with Crippen LogP contribution in [0.2, 0.25) is 0 Å². The zero-order valence-electron chi connectivity index (χ0n) is 9.25. The first-order valence-corrected chi connectivity index (χ1v) is 5.58. The molecule has 0 aromatic rings. The smallest absolute Gasteiger partial charge is 0.0590 e. The van der Waals surface area contributed by atoms with Crippen LogP contribution < -0.4 is 5.32 Å². The van der Waals surface area contributed by atoms with Crippen molar-refractivity contribution in [2.45, 2.75) is 45.3 Å². The maximum absolute atomic E-state index is 5.58. The second kappa shape index (κ2) is 6.06. The summed E-state index contributed by atoms with van der Waals surface area (Å²) in [6.07, 6.45) is 8.79. The highest BCUT2D eigenvalue weighted by Gasteiger charge is 2.30. The van der Waals surface area contributed by atoms with Crippen LogP contribution in [0.5, 0.6) is 0 Å². The molecule has 1 aliphatic heterocycles. The minimum Gasteiger partial charge on any atom is -0.378 e. The maximum atomic E-state index is 5.58. The lowest BCUT2D eigenvalue weighted by Crippen LogP contribution is -2.39. The molecule has 1 N–H and O–H groups in total. The number of hydrogen-bond acceptors (Lipinski definition) is 2. The topological polar surface area (TPSA) is 21.3 Å². The normalized spacial score (nSPS) is 28.6. The molecular formula is C12H21NO. The van der Waals surface area contributed by atoms with Gasteiger partial charge < -0.3 is 10.1 Å². The van der Waals surface area contributed by atoms with Crippen LogP contribution in [0.4, 0.5) is 0 Å². The highest BCUT2D eigenvalue weighted by molar-refractivity contribution is 4.90. The fourth-order valence-electron chi connectivity index (χ4n) is 2.25. The van der Waals surface area contributed by atoms with Gasteiger partial charge in [0.25, 0.3) is 0 Å². The molecule has 0 radical (unpaired) electrons. The van der Waals surface area contributed by atoms with E-state index in [1.165, 1.54) is 6.42 Å². The first-order chi connectivity index (χ1) is 6.79. The molecule has 0 aromatic carbocycles. The van der Waals surface area contributed by atoms with Crippen molar-refractivity contribution in [3.8, 4) is 12.3 Å². The third-order valence-electron chi connectivity index (χ3n) is 3.02. The molecule has 0 aromatic heterocycles. The van der Waals surface area contributed by atoms with Crippen LogP contribution in [0.25, 0.3) is 0 Å². The van der Waals surface area contributed by atoms with E-state index in [0.717, 1.165) is 26.0 Å². The lowest BCUT2D eigenvalue weighted by atomic mass is 9.90. The van der Waals surface area contributed by atoms with Crippen molar-refractivity contribution in [3.63, 3.8) is 0 Å². The zero-order chi connectivity index (χ0) is 10.4. The van der Waals surface area contributed by atoms with E-state index in [9.17, 15) is 0 Å². The summed E-state index contributed by atoms with van der Waals surface area (Å²) in [5.74, 6) is 3.36. The van der Waals surface area contributed by atoms with Gasteiger partial charge in [0, 0.05) is 25.0 Å². The first kappa shape index (κ1) is 11.6. The quantitative estimate of drug-likeness (QED) is 0.675. The highest BCUT2D eigenvalue weighted by Crippen LogP contribution is 2.26. The molecule has 1 aliphatic rings. The SMILES string of the molecule is C#CCCC(NCC)C1CCOC1C. The Bertz CT molecular complexity index is 197. The van der Waals surface area contributed by atoms with Crippen LogP contribution in [0, 0.1) is 18.3 Å². The fraction of sp³-hybridized carbons (Fsp3) is 0.833. The number of ether oxygens (including phenoxy) is 1. The van der Waals surface area contributed by atoms with Crippen LogP contribution in [-0.4, -0.2) is 25.3 Å². The molecule has 2 heteroatoms. The molecule has 3 atom stereocenters. The van der Waals surface area contributed by atoms with E-state index >= 15 is 0 Å². The van der Waals surface area contributed by atoms with Crippen molar-refractivity contribution in [2.75, 3.05) is 13.2 Å². The first-order valence-electron chi connectivity index (χ1n) is 5.58. The van der Waals surface area contributed by atoms with Crippen LogP contribution in [-0.2, 0) is 4.74 Å². The number of hydrogen-bond donors (Lipinski definition) is 1. The largest absolute Gasteiger partial charge is 0.378 e. The van der Waals surface area contributed by atoms with Crippen molar-refractivity contribution in [2.24, 2.45) is 5.92 Å². The summed E-state index contributed by atoms with van der Waals surface area (Å²) >= 11 is 0. The van der Waals surface area contributed by atoms with Gasteiger partial charge in [0.2, 0.25) is 0 Å². The summed E-state index contributed by atoms with van der Waals surface area (Å²) in [5, 5.41) is 3.51. The Morgan fingerprint density at radius 1 is 1.64 bits per heavy atom. The second-order valence-corrected chi connectivity index (χ2v) is 3.94. The minimum atomic E-state index is 0.386. The van der Waals surface area contributed by atoms with Crippen LogP contribution in [0.1, 0.15) is 33.1 Å². The molecule has 14 heavy (non-hydrogen) atoms. The molecule has 1 saturated heterocycles. The van der Waals surface area contributed by atoms with E-state index < -0.39 is 0 Å². The molecular weight excluding hydrogens is 174 g/mol. The van der Waals surface area contributed by atoms with Gasteiger partial charge in [-0.25, -0.2) is 0 Å². The number of nitrogens with one attached hydrogen (secondary N) is 1. The van der Waals surface area contributed by atoms with Gasteiger partial charge in [0.15, 0.2) is 0 Å². The average molecular weight is 195 g/mol. The van der Waals surface area contributed by atoms with Crippen molar-refractivity contribution in [1.82, 2.24) is 5.32 Å². The van der Waals surface area contributed by atoms with Gasteiger partial charge in [-0.3, -0.25) is 0 Å². The third-order valence-corrected chi connectivity index (χ3v) is 3.02. The van der Waals surface area contributed by atoms with E-state index in [-0.39, 0.29) is 0 Å². The Kier molecular flexibility index (Phi) is 5.00. The molecule has 0 amide bonds. The monoisotopic (exact) mass is 195 g/mol. The Labute approximate surface area is 87.4 Å². The molecule has 2 nitrogen and oxygen atoms in total. The van der Waals surface area contributed by atoms with Gasteiger partial charge >= 0.3 is 0 Å². The number of terminal acetylenes is 1. The molecule has 0 bridgehead atoms. The van der Waals surface area contributed by atoms with E-state index in [1.807, 2.05) is 0 Å². The third kappa shape index (κ3) is 3.01. The molecule has 3 unspecified atom stereocenters. The predicted octanol–water partition coefficient (Wildman–Crippen LogP) is 1.80. The van der Waals surface area contributed by atoms with Gasteiger partial charge in [-0.05, 0) is 26.3 Å². The van der Waals surface area contributed by atoms with Crippen LogP contribution >= 0.6 is 0 Å². The summed E-state index contributed by atoms with van der Waals surface area (Å²) < 4.78 is 5.58. The Hall–Kier alpha value is -0.520. The molecule has 80 valence electrons. The second-order valence-electron chi connectivity index (χ2n) is 3.94. The Balaban J connectivity index is 2.44. The molecule has 0 spiro atoms. The zero-order valence-corrected chi connectivity index (χ0v) is 9.25. The number of rotatable bonds is 5. The van der Waals surface area contributed by atoms with Gasteiger partial charge in [0.05, 0.1) is 6.10 Å². The Morgan fingerprint density at radius 3 is 2.93 bits per heavy atom. The van der Waals surface area contributed by atoms with E-state index in [2.05, 4.69) is 25.1 Å². The van der Waals surface area contributed by atoms with Crippen molar-refractivity contribution >= 4 is 0 Å². The summed E-state index contributed by atoms with van der Waals surface area (Å²) in [6.45, 7) is 6.23. The minimum absolute atomic E-state index is 0.386. The summed E-state index contributed by atoms with van der Waals surface area (Å²) in [5.41, 5.74) is 0. The molecule has 1 rings (SSSR count). The van der Waals surface area contributed by atoms with Gasteiger partial charge in [-0.1, -0.05) is 6.92 Å². The summed E-state index contributed by atoms with van der Waals surface area (Å²) in [6, 6.07) is 0.536. The summed E-state index contributed by atoms with van der Waals surface area (Å²) in [7, 11) is 0. The summed E-state index contributed by atoms with van der Waals surface area (Å²) in [4.78, 5) is 0. The maximum Gasteiger partial charge on any atom is 0.0590 e. The van der Waals surface area contributed by atoms with Crippen LogP contribution in [0.15, 0.2) is 0 Å². The van der Waals surface area contributed by atoms with Gasteiger partial charge in [-0.15, -0.1) is 12.3 Å².